The van der Waals surface area contributed by atoms with E-state index in [9.17, 15) is 4.79 Å². The fourth-order valence-electron chi connectivity index (χ4n) is 1.53. The van der Waals surface area contributed by atoms with Gasteiger partial charge in [0.15, 0.2) is 0 Å². The summed E-state index contributed by atoms with van der Waals surface area (Å²) in [7, 11) is 0. The highest BCUT2D eigenvalue weighted by atomic mass is 35.5. The van der Waals surface area contributed by atoms with Crippen LogP contribution in [0.3, 0.4) is 0 Å². The number of nitriles is 1. The van der Waals surface area contributed by atoms with E-state index < -0.39 is 0 Å². The molecular weight excluding hydrogens is 292 g/mol. The second-order valence-electron chi connectivity index (χ2n) is 3.94. The molecule has 0 fully saturated rings. The molecule has 0 aliphatic rings. The number of nitrogens with zero attached hydrogens (tertiary/aromatic N) is 3. The Balaban J connectivity index is 1.81. The van der Waals surface area contributed by atoms with Crippen molar-refractivity contribution in [1.82, 2.24) is 15.3 Å². The van der Waals surface area contributed by atoms with Gasteiger partial charge in [0, 0.05) is 18.5 Å². The highest BCUT2D eigenvalue weighted by Crippen LogP contribution is 2.11. The van der Waals surface area contributed by atoms with E-state index in [0.717, 1.165) is 0 Å². The lowest BCUT2D eigenvalue weighted by Crippen LogP contribution is -2.28. The van der Waals surface area contributed by atoms with Crippen molar-refractivity contribution in [2.24, 2.45) is 0 Å². The molecule has 0 saturated heterocycles. The van der Waals surface area contributed by atoms with Gasteiger partial charge in [0.25, 0.3) is 5.91 Å². The van der Waals surface area contributed by atoms with Gasteiger partial charge in [0.05, 0.1) is 23.7 Å². The Morgan fingerprint density at radius 2 is 2.24 bits per heavy atom. The van der Waals surface area contributed by atoms with E-state index in [1.165, 1.54) is 18.5 Å². The second kappa shape index (κ2) is 7.22. The van der Waals surface area contributed by atoms with Crippen LogP contribution in [0.4, 0.5) is 0 Å². The number of rotatable bonds is 5. The van der Waals surface area contributed by atoms with Crippen molar-refractivity contribution in [3.8, 4) is 11.9 Å². The minimum Gasteiger partial charge on any atom is -0.476 e. The molecule has 2 heterocycles. The fraction of sp³-hybridized carbons (Fsp3) is 0.143. The molecule has 0 atom stereocenters. The zero-order valence-corrected chi connectivity index (χ0v) is 11.7. The van der Waals surface area contributed by atoms with Crippen LogP contribution < -0.4 is 10.1 Å². The first kappa shape index (κ1) is 14.8. The lowest BCUT2D eigenvalue weighted by Gasteiger charge is -2.07. The Labute approximate surface area is 126 Å². The lowest BCUT2D eigenvalue weighted by atomic mass is 10.3. The van der Waals surface area contributed by atoms with Crippen molar-refractivity contribution in [2.45, 2.75) is 0 Å². The standard InChI is InChI=1S/C14H11ClN4O2/c15-13-11(2-1-4-18-13)14(20)19-6-7-21-12-8-10(9-16)3-5-17-12/h1-5,8H,6-7H2,(H,19,20). The maximum Gasteiger partial charge on any atom is 0.254 e. The number of ether oxygens (including phenoxy) is 1. The van der Waals surface area contributed by atoms with Crippen molar-refractivity contribution in [2.75, 3.05) is 13.2 Å². The largest absolute Gasteiger partial charge is 0.476 e. The van der Waals surface area contributed by atoms with Gasteiger partial charge in [-0.1, -0.05) is 11.6 Å². The van der Waals surface area contributed by atoms with E-state index >= 15 is 0 Å². The minimum absolute atomic E-state index is 0.152. The SMILES string of the molecule is N#Cc1ccnc(OCCNC(=O)c2cccnc2Cl)c1. The molecule has 0 bridgehead atoms. The Bertz CT molecular complexity index is 685. The molecule has 7 heteroatoms. The molecule has 2 aromatic rings. The Hall–Kier alpha value is -2.65. The number of carbonyl (C=O) groups excluding carboxylic acids is 1. The second-order valence-corrected chi connectivity index (χ2v) is 4.30. The number of pyridine rings is 2. The molecule has 0 aliphatic carbocycles. The summed E-state index contributed by atoms with van der Waals surface area (Å²) in [5.74, 6) is 0.0122. The van der Waals surface area contributed by atoms with Crippen LogP contribution in [0.1, 0.15) is 15.9 Å². The molecule has 106 valence electrons. The summed E-state index contributed by atoms with van der Waals surface area (Å²) < 4.78 is 5.34. The van der Waals surface area contributed by atoms with Crippen LogP contribution in [0.15, 0.2) is 36.7 Å². The summed E-state index contributed by atoms with van der Waals surface area (Å²) in [4.78, 5) is 19.6. The molecule has 21 heavy (non-hydrogen) atoms. The van der Waals surface area contributed by atoms with Crippen molar-refractivity contribution in [1.29, 1.82) is 5.26 Å². The third-order valence-electron chi connectivity index (χ3n) is 2.51. The molecular formula is C14H11ClN4O2. The van der Waals surface area contributed by atoms with Crippen LogP contribution in [-0.4, -0.2) is 29.0 Å². The number of hydrogen-bond donors (Lipinski definition) is 1. The summed E-state index contributed by atoms with van der Waals surface area (Å²) in [6, 6.07) is 8.32. The average molecular weight is 303 g/mol. The van der Waals surface area contributed by atoms with Gasteiger partial charge in [0.1, 0.15) is 11.8 Å². The quantitative estimate of drug-likeness (QED) is 0.672. The molecule has 0 aromatic carbocycles. The topological polar surface area (TPSA) is 87.9 Å². The van der Waals surface area contributed by atoms with Crippen LogP contribution >= 0.6 is 11.6 Å². The number of halogens is 1. The van der Waals surface area contributed by atoms with Gasteiger partial charge >= 0.3 is 0 Å². The van der Waals surface area contributed by atoms with Crippen LogP contribution in [0.5, 0.6) is 5.88 Å². The van der Waals surface area contributed by atoms with Crippen LogP contribution in [0, 0.1) is 11.3 Å². The maximum atomic E-state index is 11.8. The van der Waals surface area contributed by atoms with Gasteiger partial charge in [0.2, 0.25) is 5.88 Å². The maximum absolute atomic E-state index is 11.8. The summed E-state index contributed by atoms with van der Waals surface area (Å²) in [6.45, 7) is 0.508. The summed E-state index contributed by atoms with van der Waals surface area (Å²) in [5, 5.41) is 11.6. The molecule has 0 radical (unpaired) electrons. The summed E-state index contributed by atoms with van der Waals surface area (Å²) >= 11 is 5.82. The summed E-state index contributed by atoms with van der Waals surface area (Å²) in [6.07, 6.45) is 3.00. The monoisotopic (exact) mass is 302 g/mol. The van der Waals surface area contributed by atoms with Crippen molar-refractivity contribution >= 4 is 17.5 Å². The molecule has 0 spiro atoms. The predicted octanol–water partition coefficient (Wildman–Crippen LogP) is 1.81. The van der Waals surface area contributed by atoms with Crippen LogP contribution in [0.2, 0.25) is 5.15 Å². The summed E-state index contributed by atoms with van der Waals surface area (Å²) in [5.41, 5.74) is 0.773. The Morgan fingerprint density at radius 1 is 1.38 bits per heavy atom. The lowest BCUT2D eigenvalue weighted by molar-refractivity contribution is 0.0946. The van der Waals surface area contributed by atoms with Crippen molar-refractivity contribution in [3.05, 3.63) is 52.9 Å². The van der Waals surface area contributed by atoms with Crippen LogP contribution in [-0.2, 0) is 0 Å². The molecule has 0 aliphatic heterocycles. The molecule has 1 N–H and O–H groups in total. The zero-order valence-electron chi connectivity index (χ0n) is 10.9. The minimum atomic E-state index is -0.324. The van der Waals surface area contributed by atoms with Gasteiger partial charge in [-0.25, -0.2) is 9.97 Å². The molecule has 1 amide bonds. The number of hydrogen-bond acceptors (Lipinski definition) is 5. The van der Waals surface area contributed by atoms with E-state index in [4.69, 9.17) is 21.6 Å². The first-order valence-corrected chi connectivity index (χ1v) is 6.46. The number of amides is 1. The number of carbonyl (C=O) groups is 1. The molecule has 0 saturated carbocycles. The third-order valence-corrected chi connectivity index (χ3v) is 2.81. The van der Waals surface area contributed by atoms with Crippen molar-refractivity contribution < 1.29 is 9.53 Å². The molecule has 2 rings (SSSR count). The molecule has 2 aromatic heterocycles. The Morgan fingerprint density at radius 3 is 3.00 bits per heavy atom. The number of aromatic nitrogens is 2. The molecule has 6 nitrogen and oxygen atoms in total. The highest BCUT2D eigenvalue weighted by molar-refractivity contribution is 6.32. The van der Waals surface area contributed by atoms with Gasteiger partial charge in [-0.3, -0.25) is 4.79 Å². The van der Waals surface area contributed by atoms with Gasteiger partial charge in [-0.15, -0.1) is 0 Å². The van der Waals surface area contributed by atoms with Gasteiger partial charge < -0.3 is 10.1 Å². The van der Waals surface area contributed by atoms with Gasteiger partial charge in [-0.2, -0.15) is 5.26 Å². The first-order chi connectivity index (χ1) is 10.2. The van der Waals surface area contributed by atoms with E-state index in [2.05, 4.69) is 15.3 Å². The van der Waals surface area contributed by atoms with E-state index in [1.54, 1.807) is 18.2 Å². The average Bonchev–Trinajstić information content (AvgIpc) is 2.52. The normalized spacial score (nSPS) is 9.71. The smallest absolute Gasteiger partial charge is 0.254 e. The third kappa shape index (κ3) is 4.16. The van der Waals surface area contributed by atoms with Crippen LogP contribution in [0.25, 0.3) is 0 Å². The first-order valence-electron chi connectivity index (χ1n) is 6.08. The molecule has 0 unspecified atom stereocenters. The highest BCUT2D eigenvalue weighted by Gasteiger charge is 2.09. The van der Waals surface area contributed by atoms with E-state index in [-0.39, 0.29) is 24.2 Å². The zero-order chi connectivity index (χ0) is 15.1. The van der Waals surface area contributed by atoms with Crippen molar-refractivity contribution in [3.63, 3.8) is 0 Å². The van der Waals surface area contributed by atoms with E-state index in [1.807, 2.05) is 6.07 Å². The van der Waals surface area contributed by atoms with Gasteiger partial charge in [-0.05, 0) is 18.2 Å². The fourth-order valence-corrected chi connectivity index (χ4v) is 1.73. The van der Waals surface area contributed by atoms with E-state index in [0.29, 0.717) is 17.0 Å². The number of nitrogens with one attached hydrogen (secondary N) is 1. The Kier molecular flexibility index (Phi) is 5.07. The predicted molar refractivity (Wildman–Crippen MR) is 76.0 cm³/mol.